The molecule has 0 spiro atoms. The molecule has 2 nitrogen and oxygen atoms in total. The lowest BCUT2D eigenvalue weighted by atomic mass is 10.1. The molecule has 0 bridgehead atoms. The lowest BCUT2D eigenvalue weighted by Crippen LogP contribution is -2.11. The molecule has 0 aliphatic rings. The Labute approximate surface area is 132 Å². The highest BCUT2D eigenvalue weighted by molar-refractivity contribution is 7.21. The molecule has 0 aliphatic carbocycles. The van der Waals surface area contributed by atoms with Gasteiger partial charge >= 0.3 is 0 Å². The van der Waals surface area contributed by atoms with Crippen LogP contribution in [0.15, 0.2) is 42.5 Å². The smallest absolute Gasteiger partial charge is 0.267 e. The van der Waals surface area contributed by atoms with Crippen molar-refractivity contribution in [1.82, 2.24) is 0 Å². The van der Waals surface area contributed by atoms with Gasteiger partial charge in [-0.25, -0.2) is 0 Å². The summed E-state index contributed by atoms with van der Waals surface area (Å²) in [6, 6.07) is 13.7. The molecular weight excluding hydrogens is 302 g/mol. The minimum Gasteiger partial charge on any atom is -0.321 e. The van der Waals surface area contributed by atoms with Gasteiger partial charge in [0.2, 0.25) is 0 Å². The largest absolute Gasteiger partial charge is 0.321 e. The van der Waals surface area contributed by atoms with E-state index in [1.54, 1.807) is 0 Å². The Morgan fingerprint density at radius 2 is 1.90 bits per heavy atom. The number of hydrogen-bond acceptors (Lipinski definition) is 2. The first kappa shape index (κ1) is 14.1. The van der Waals surface area contributed by atoms with Gasteiger partial charge < -0.3 is 5.32 Å². The molecule has 3 rings (SSSR count). The molecule has 0 saturated carbocycles. The van der Waals surface area contributed by atoms with Crippen LogP contribution < -0.4 is 5.32 Å². The fourth-order valence-electron chi connectivity index (χ4n) is 2.29. The van der Waals surface area contributed by atoms with Crippen molar-refractivity contribution in [1.29, 1.82) is 0 Å². The van der Waals surface area contributed by atoms with E-state index in [2.05, 4.69) is 5.32 Å². The van der Waals surface area contributed by atoms with Crippen molar-refractivity contribution in [2.45, 2.75) is 13.8 Å². The molecule has 1 amide bonds. The number of anilines is 1. The fraction of sp³-hybridized carbons (Fsp3) is 0.118. The molecule has 0 fully saturated rings. The highest BCUT2D eigenvalue weighted by Crippen LogP contribution is 2.35. The molecule has 21 heavy (non-hydrogen) atoms. The van der Waals surface area contributed by atoms with E-state index >= 15 is 0 Å². The molecule has 0 saturated heterocycles. The fourth-order valence-corrected chi connectivity index (χ4v) is 3.71. The lowest BCUT2D eigenvalue weighted by Gasteiger charge is -2.08. The number of rotatable bonds is 2. The number of halogens is 1. The van der Waals surface area contributed by atoms with Gasteiger partial charge in [-0.15, -0.1) is 11.3 Å². The van der Waals surface area contributed by atoms with Gasteiger partial charge in [0.1, 0.15) is 4.88 Å². The molecule has 1 heterocycles. The van der Waals surface area contributed by atoms with Gasteiger partial charge in [0, 0.05) is 15.8 Å². The Morgan fingerprint density at radius 1 is 1.14 bits per heavy atom. The summed E-state index contributed by atoms with van der Waals surface area (Å²) in [5, 5.41) is 4.39. The maximum Gasteiger partial charge on any atom is 0.267 e. The van der Waals surface area contributed by atoms with E-state index in [-0.39, 0.29) is 5.91 Å². The summed E-state index contributed by atoms with van der Waals surface area (Å²) in [5.41, 5.74) is 3.03. The van der Waals surface area contributed by atoms with Gasteiger partial charge in [0.25, 0.3) is 5.91 Å². The van der Waals surface area contributed by atoms with Gasteiger partial charge in [-0.05, 0) is 31.5 Å². The molecule has 4 heteroatoms. The molecule has 2 aromatic carbocycles. The average Bonchev–Trinajstić information content (AvgIpc) is 2.80. The Kier molecular flexibility index (Phi) is 3.70. The average molecular weight is 316 g/mol. The second-order valence-corrected chi connectivity index (χ2v) is 6.44. The SMILES string of the molecule is Cc1ccc(NC(=O)c2sc3ccccc3c2Cl)c(C)c1. The summed E-state index contributed by atoms with van der Waals surface area (Å²) in [5.74, 6) is -0.159. The van der Waals surface area contributed by atoms with E-state index in [9.17, 15) is 4.79 Å². The molecule has 0 radical (unpaired) electrons. The Bertz CT molecular complexity index is 838. The Balaban J connectivity index is 1.95. The van der Waals surface area contributed by atoms with Gasteiger partial charge in [-0.3, -0.25) is 4.79 Å². The topological polar surface area (TPSA) is 29.1 Å². The number of aryl methyl sites for hydroxylation is 2. The molecule has 106 valence electrons. The first-order chi connectivity index (χ1) is 10.1. The van der Waals surface area contributed by atoms with Crippen LogP contribution in [0.4, 0.5) is 5.69 Å². The first-order valence-corrected chi connectivity index (χ1v) is 7.81. The second-order valence-electron chi connectivity index (χ2n) is 5.01. The standard InChI is InChI=1S/C17H14ClNOS/c1-10-7-8-13(11(2)9-10)19-17(20)16-15(18)12-5-3-4-6-14(12)21-16/h3-9H,1-2H3,(H,19,20). The molecule has 0 aliphatic heterocycles. The Morgan fingerprint density at radius 3 is 2.62 bits per heavy atom. The van der Waals surface area contributed by atoms with Crippen LogP contribution in [-0.4, -0.2) is 5.91 Å². The van der Waals surface area contributed by atoms with Crippen molar-refractivity contribution >= 4 is 44.6 Å². The summed E-state index contributed by atoms with van der Waals surface area (Å²) in [6.45, 7) is 4.01. The minimum absolute atomic E-state index is 0.159. The van der Waals surface area contributed by atoms with Crippen molar-refractivity contribution in [3.63, 3.8) is 0 Å². The predicted molar refractivity (Wildman–Crippen MR) is 90.7 cm³/mol. The molecule has 0 unspecified atom stereocenters. The van der Waals surface area contributed by atoms with Crippen LogP contribution in [0.5, 0.6) is 0 Å². The quantitative estimate of drug-likeness (QED) is 0.671. The van der Waals surface area contributed by atoms with E-state index < -0.39 is 0 Å². The van der Waals surface area contributed by atoms with Crippen LogP contribution in [0, 0.1) is 13.8 Å². The second kappa shape index (κ2) is 5.51. The van der Waals surface area contributed by atoms with E-state index in [0.29, 0.717) is 9.90 Å². The van der Waals surface area contributed by atoms with Crippen LogP contribution in [0.1, 0.15) is 20.8 Å². The van der Waals surface area contributed by atoms with E-state index in [1.807, 2.05) is 56.3 Å². The van der Waals surface area contributed by atoms with E-state index in [1.165, 1.54) is 16.9 Å². The maximum absolute atomic E-state index is 12.5. The molecule has 3 aromatic rings. The van der Waals surface area contributed by atoms with E-state index in [4.69, 9.17) is 11.6 Å². The highest BCUT2D eigenvalue weighted by Gasteiger charge is 2.17. The lowest BCUT2D eigenvalue weighted by molar-refractivity contribution is 0.103. The van der Waals surface area contributed by atoms with Crippen molar-refractivity contribution in [2.75, 3.05) is 5.32 Å². The van der Waals surface area contributed by atoms with Crippen LogP contribution in [0.25, 0.3) is 10.1 Å². The highest BCUT2D eigenvalue weighted by atomic mass is 35.5. The van der Waals surface area contributed by atoms with Crippen molar-refractivity contribution in [3.05, 3.63) is 63.5 Å². The van der Waals surface area contributed by atoms with Crippen LogP contribution in [0.3, 0.4) is 0 Å². The Hall–Kier alpha value is -1.84. The third-order valence-corrected chi connectivity index (χ3v) is 5.05. The molecule has 1 N–H and O–H groups in total. The van der Waals surface area contributed by atoms with Gasteiger partial charge in [-0.1, -0.05) is 47.5 Å². The van der Waals surface area contributed by atoms with Crippen LogP contribution >= 0.6 is 22.9 Å². The minimum atomic E-state index is -0.159. The number of thiophene rings is 1. The van der Waals surface area contributed by atoms with Crippen molar-refractivity contribution in [3.8, 4) is 0 Å². The molecule has 0 atom stereocenters. The number of benzene rings is 2. The maximum atomic E-state index is 12.5. The number of amides is 1. The number of nitrogens with one attached hydrogen (secondary N) is 1. The van der Waals surface area contributed by atoms with Gasteiger partial charge in [0.15, 0.2) is 0 Å². The summed E-state index contributed by atoms with van der Waals surface area (Å²) in [7, 11) is 0. The van der Waals surface area contributed by atoms with Crippen molar-refractivity contribution in [2.24, 2.45) is 0 Å². The number of carbonyl (C=O) groups excluding carboxylic acids is 1. The predicted octanol–water partition coefficient (Wildman–Crippen LogP) is 5.42. The third kappa shape index (κ3) is 2.67. The summed E-state index contributed by atoms with van der Waals surface area (Å²) < 4.78 is 1.02. The number of fused-ring (bicyclic) bond motifs is 1. The van der Waals surface area contributed by atoms with Crippen LogP contribution in [-0.2, 0) is 0 Å². The summed E-state index contributed by atoms with van der Waals surface area (Å²) >= 11 is 7.75. The number of hydrogen-bond donors (Lipinski definition) is 1. The summed E-state index contributed by atoms with van der Waals surface area (Å²) in [4.78, 5) is 13.0. The third-order valence-electron chi connectivity index (χ3n) is 3.37. The monoisotopic (exact) mass is 315 g/mol. The van der Waals surface area contributed by atoms with Gasteiger partial charge in [-0.2, -0.15) is 0 Å². The molecule has 1 aromatic heterocycles. The van der Waals surface area contributed by atoms with Crippen LogP contribution in [0.2, 0.25) is 5.02 Å². The zero-order valence-corrected chi connectivity index (χ0v) is 13.3. The van der Waals surface area contributed by atoms with Gasteiger partial charge in [0.05, 0.1) is 5.02 Å². The first-order valence-electron chi connectivity index (χ1n) is 6.62. The van der Waals surface area contributed by atoms with Crippen molar-refractivity contribution < 1.29 is 4.79 Å². The summed E-state index contributed by atoms with van der Waals surface area (Å²) in [6.07, 6.45) is 0. The zero-order valence-electron chi connectivity index (χ0n) is 11.7. The normalized spacial score (nSPS) is 10.8. The number of carbonyl (C=O) groups is 1. The zero-order chi connectivity index (χ0) is 15.0. The molecular formula is C17H14ClNOS. The van der Waals surface area contributed by atoms with E-state index in [0.717, 1.165) is 21.3 Å².